The lowest BCUT2D eigenvalue weighted by atomic mass is 10.1. The minimum Gasteiger partial charge on any atom is -0.472 e. The number of rotatable bonds is 5. The third kappa shape index (κ3) is 3.18. The summed E-state index contributed by atoms with van der Waals surface area (Å²) in [5.41, 5.74) is 2.70. The molecular weight excluding hydrogens is 408 g/mol. The zero-order chi connectivity index (χ0) is 22.2. The van der Waals surface area contributed by atoms with Crippen molar-refractivity contribution >= 4 is 23.5 Å². The van der Waals surface area contributed by atoms with Crippen LogP contribution in [0.5, 0.6) is 0 Å². The number of fused-ring (bicyclic) bond motifs is 1. The first-order chi connectivity index (χ1) is 15.5. The molecule has 0 fully saturated rings. The van der Waals surface area contributed by atoms with Gasteiger partial charge in [-0.15, -0.1) is 0 Å². The third-order valence-corrected chi connectivity index (χ3v) is 5.37. The molecule has 1 N–H and O–H groups in total. The Hall–Kier alpha value is -4.46. The number of furan rings is 1. The van der Waals surface area contributed by atoms with E-state index in [1.165, 1.54) is 6.92 Å². The summed E-state index contributed by atoms with van der Waals surface area (Å²) < 4.78 is 6.74. The molecule has 1 aliphatic heterocycles. The van der Waals surface area contributed by atoms with Gasteiger partial charge in [0.1, 0.15) is 11.9 Å². The lowest BCUT2D eigenvalue weighted by Crippen LogP contribution is -2.45. The number of carbonyl (C=O) groups excluding carboxylic acids is 3. The standard InChI is InChI=1S/C24H18N4O4/c1-15(27-23(30)18-9-5-6-10-19(18)24(27)31)22(29)25-21-13-20(16-11-12-32-14-16)26-28(21)17-7-3-2-4-8-17/h2-15H,1H3,(H,25,29). The molecule has 1 aliphatic rings. The van der Waals surface area contributed by atoms with Crippen LogP contribution in [0.15, 0.2) is 83.7 Å². The molecule has 0 aliphatic carbocycles. The number of hydrogen-bond donors (Lipinski definition) is 1. The van der Waals surface area contributed by atoms with Gasteiger partial charge in [-0.2, -0.15) is 5.10 Å². The number of amides is 3. The predicted molar refractivity (Wildman–Crippen MR) is 116 cm³/mol. The SMILES string of the molecule is CC(C(=O)Nc1cc(-c2ccoc2)nn1-c1ccccc1)N1C(=O)c2ccccc2C1=O. The van der Waals surface area contributed by atoms with E-state index in [9.17, 15) is 14.4 Å². The molecule has 2 aromatic heterocycles. The summed E-state index contributed by atoms with van der Waals surface area (Å²) in [6.07, 6.45) is 3.10. The Morgan fingerprint density at radius 2 is 1.62 bits per heavy atom. The molecule has 1 unspecified atom stereocenters. The smallest absolute Gasteiger partial charge is 0.262 e. The van der Waals surface area contributed by atoms with Crippen LogP contribution in [0.3, 0.4) is 0 Å². The molecule has 0 saturated carbocycles. The number of carbonyl (C=O) groups is 3. The molecular formula is C24H18N4O4. The zero-order valence-electron chi connectivity index (χ0n) is 17.1. The van der Waals surface area contributed by atoms with Crippen LogP contribution >= 0.6 is 0 Å². The van der Waals surface area contributed by atoms with Crippen molar-refractivity contribution in [1.82, 2.24) is 14.7 Å². The first kappa shape index (κ1) is 19.5. The lowest BCUT2D eigenvalue weighted by Gasteiger charge is -2.21. The maximum absolute atomic E-state index is 13.1. The molecule has 5 rings (SSSR count). The van der Waals surface area contributed by atoms with Crippen LogP contribution in [-0.4, -0.2) is 38.4 Å². The van der Waals surface area contributed by atoms with E-state index in [4.69, 9.17) is 4.42 Å². The molecule has 3 heterocycles. The van der Waals surface area contributed by atoms with Gasteiger partial charge in [0.05, 0.1) is 35.0 Å². The Kier molecular flexibility index (Phi) is 4.67. The average molecular weight is 426 g/mol. The Bertz CT molecular complexity index is 1290. The second-order valence-corrected chi connectivity index (χ2v) is 7.37. The van der Waals surface area contributed by atoms with Gasteiger partial charge in [0.2, 0.25) is 5.91 Å². The van der Waals surface area contributed by atoms with E-state index in [1.54, 1.807) is 53.6 Å². The Morgan fingerprint density at radius 3 is 2.25 bits per heavy atom. The molecule has 4 aromatic rings. The van der Waals surface area contributed by atoms with Crippen LogP contribution in [0.1, 0.15) is 27.6 Å². The number of nitrogens with one attached hydrogen (secondary N) is 1. The van der Waals surface area contributed by atoms with Gasteiger partial charge >= 0.3 is 0 Å². The number of imide groups is 1. The summed E-state index contributed by atoms with van der Waals surface area (Å²) in [7, 11) is 0. The molecule has 0 bridgehead atoms. The van der Waals surface area contributed by atoms with E-state index in [-0.39, 0.29) is 0 Å². The number of benzene rings is 2. The lowest BCUT2D eigenvalue weighted by molar-refractivity contribution is -0.119. The first-order valence-corrected chi connectivity index (χ1v) is 10.0. The molecule has 1 atom stereocenters. The Morgan fingerprint density at radius 1 is 0.969 bits per heavy atom. The number of hydrogen-bond acceptors (Lipinski definition) is 5. The quantitative estimate of drug-likeness (QED) is 0.490. The van der Waals surface area contributed by atoms with Gasteiger partial charge in [0, 0.05) is 11.6 Å². The van der Waals surface area contributed by atoms with Crippen molar-refractivity contribution in [2.45, 2.75) is 13.0 Å². The summed E-state index contributed by atoms with van der Waals surface area (Å²) in [6, 6.07) is 18.3. The van der Waals surface area contributed by atoms with Crippen molar-refractivity contribution in [2.24, 2.45) is 0 Å². The largest absolute Gasteiger partial charge is 0.472 e. The summed E-state index contributed by atoms with van der Waals surface area (Å²) in [6.45, 7) is 1.53. The summed E-state index contributed by atoms with van der Waals surface area (Å²) in [5.74, 6) is -1.07. The Balaban J connectivity index is 1.45. The fraction of sp³-hybridized carbons (Fsp3) is 0.0833. The van der Waals surface area contributed by atoms with Crippen LogP contribution in [-0.2, 0) is 4.79 Å². The van der Waals surface area contributed by atoms with Crippen LogP contribution in [0.25, 0.3) is 16.9 Å². The van der Waals surface area contributed by atoms with Gasteiger partial charge in [0.15, 0.2) is 0 Å². The third-order valence-electron chi connectivity index (χ3n) is 5.37. The number of nitrogens with zero attached hydrogens (tertiary/aromatic N) is 3. The van der Waals surface area contributed by atoms with E-state index in [0.717, 1.165) is 16.2 Å². The second-order valence-electron chi connectivity index (χ2n) is 7.37. The van der Waals surface area contributed by atoms with Crippen LogP contribution in [0.4, 0.5) is 5.82 Å². The van der Waals surface area contributed by atoms with Crippen molar-refractivity contribution in [2.75, 3.05) is 5.32 Å². The van der Waals surface area contributed by atoms with Gasteiger partial charge in [-0.3, -0.25) is 19.3 Å². The summed E-state index contributed by atoms with van der Waals surface area (Å²) >= 11 is 0. The molecule has 3 amide bonds. The minimum atomic E-state index is -1.01. The van der Waals surface area contributed by atoms with Crippen molar-refractivity contribution in [1.29, 1.82) is 0 Å². The minimum absolute atomic E-state index is 0.300. The fourth-order valence-electron chi connectivity index (χ4n) is 3.70. The maximum atomic E-state index is 13.1. The molecule has 0 saturated heterocycles. The molecule has 158 valence electrons. The molecule has 32 heavy (non-hydrogen) atoms. The van der Waals surface area contributed by atoms with Crippen molar-refractivity contribution < 1.29 is 18.8 Å². The van der Waals surface area contributed by atoms with Gasteiger partial charge < -0.3 is 9.73 Å². The molecule has 8 nitrogen and oxygen atoms in total. The van der Waals surface area contributed by atoms with E-state index in [0.29, 0.717) is 22.6 Å². The number of para-hydroxylation sites is 1. The second kappa shape index (κ2) is 7.66. The van der Waals surface area contributed by atoms with Crippen LogP contribution < -0.4 is 5.32 Å². The highest BCUT2D eigenvalue weighted by Crippen LogP contribution is 2.27. The highest BCUT2D eigenvalue weighted by atomic mass is 16.3. The Labute approximate surface area is 183 Å². The van der Waals surface area contributed by atoms with Crippen molar-refractivity contribution in [3.8, 4) is 16.9 Å². The molecule has 8 heteroatoms. The van der Waals surface area contributed by atoms with E-state index < -0.39 is 23.8 Å². The van der Waals surface area contributed by atoms with Gasteiger partial charge in [-0.1, -0.05) is 30.3 Å². The van der Waals surface area contributed by atoms with Crippen LogP contribution in [0, 0.1) is 0 Å². The van der Waals surface area contributed by atoms with Gasteiger partial charge in [-0.05, 0) is 37.3 Å². The van der Waals surface area contributed by atoms with Gasteiger partial charge in [-0.25, -0.2) is 4.68 Å². The van der Waals surface area contributed by atoms with Gasteiger partial charge in [0.25, 0.3) is 11.8 Å². The highest BCUT2D eigenvalue weighted by Gasteiger charge is 2.40. The summed E-state index contributed by atoms with van der Waals surface area (Å²) in [4.78, 5) is 39.6. The molecule has 0 radical (unpaired) electrons. The fourth-order valence-corrected chi connectivity index (χ4v) is 3.70. The highest BCUT2D eigenvalue weighted by molar-refractivity contribution is 6.23. The topological polar surface area (TPSA) is 97.4 Å². The summed E-state index contributed by atoms with van der Waals surface area (Å²) in [5, 5.41) is 7.41. The maximum Gasteiger partial charge on any atom is 0.262 e. The van der Waals surface area contributed by atoms with E-state index in [1.807, 2.05) is 30.3 Å². The zero-order valence-corrected chi connectivity index (χ0v) is 17.1. The molecule has 0 spiro atoms. The molecule has 2 aromatic carbocycles. The van der Waals surface area contributed by atoms with Crippen molar-refractivity contribution in [3.05, 3.63) is 90.4 Å². The monoisotopic (exact) mass is 426 g/mol. The first-order valence-electron chi connectivity index (χ1n) is 10.0. The van der Waals surface area contributed by atoms with Crippen LogP contribution in [0.2, 0.25) is 0 Å². The number of aromatic nitrogens is 2. The number of anilines is 1. The van der Waals surface area contributed by atoms with Crippen molar-refractivity contribution in [3.63, 3.8) is 0 Å². The van der Waals surface area contributed by atoms with E-state index >= 15 is 0 Å². The average Bonchev–Trinajstić information content (AvgIpc) is 3.54. The predicted octanol–water partition coefficient (Wildman–Crippen LogP) is 3.76. The normalized spacial score (nSPS) is 13.8. The van der Waals surface area contributed by atoms with E-state index in [2.05, 4.69) is 10.4 Å².